The normalized spacial score (nSPS) is 17.6. The highest BCUT2D eigenvalue weighted by molar-refractivity contribution is 6.07. The molecule has 1 aromatic carbocycles. The van der Waals surface area contributed by atoms with E-state index in [1.807, 2.05) is 12.1 Å². The summed E-state index contributed by atoms with van der Waals surface area (Å²) in [6, 6.07) is 8.24. The number of nitrogens with two attached hydrogens (primary N) is 1. The van der Waals surface area contributed by atoms with Crippen molar-refractivity contribution in [1.29, 1.82) is 0 Å². The molecule has 1 saturated heterocycles. The number of ether oxygens (including phenoxy) is 1. The lowest BCUT2D eigenvalue weighted by Gasteiger charge is -2.30. The number of rotatable bonds is 5. The minimum absolute atomic E-state index is 0.0709. The number of anilines is 3. The number of hydrogen-bond acceptors (Lipinski definition) is 8. The number of nitrogens with zero attached hydrogens (tertiary/aromatic N) is 4. The fourth-order valence-electron chi connectivity index (χ4n) is 4.34. The summed E-state index contributed by atoms with van der Waals surface area (Å²) in [7, 11) is 5.61. The first-order valence-electron chi connectivity index (χ1n) is 10.9. The quantitative estimate of drug-likeness (QED) is 0.508. The van der Waals surface area contributed by atoms with E-state index in [1.54, 1.807) is 18.6 Å². The lowest BCUT2D eigenvalue weighted by Crippen LogP contribution is -2.36. The van der Waals surface area contributed by atoms with Gasteiger partial charge < -0.3 is 25.9 Å². The van der Waals surface area contributed by atoms with Crippen molar-refractivity contribution in [2.45, 2.75) is 18.9 Å². The largest absolute Gasteiger partial charge is 0.382 e. The smallest absolute Gasteiger partial charge is 0.278 e. The number of carbonyl (C=O) groups excluding carboxylic acids is 1. The number of amides is 1. The molecule has 0 saturated carbocycles. The summed E-state index contributed by atoms with van der Waals surface area (Å²) in [6.45, 7) is 2.75. The van der Waals surface area contributed by atoms with Gasteiger partial charge in [-0.3, -0.25) is 9.78 Å². The summed E-state index contributed by atoms with van der Waals surface area (Å²) in [4.78, 5) is 28.2. The predicted molar refractivity (Wildman–Crippen MR) is 127 cm³/mol. The molecular formula is C23H24BN7O2. The zero-order valence-corrected chi connectivity index (χ0v) is 18.1. The van der Waals surface area contributed by atoms with Crippen LogP contribution < -0.4 is 21.2 Å². The van der Waals surface area contributed by atoms with E-state index in [9.17, 15) is 4.79 Å². The zero-order chi connectivity index (χ0) is 22.8. The SMILES string of the molecule is [B]NC1Cc2ccc(-c3cnc(N)c(C(=O)Nc4cnccc4N4CCOCC4)n3)cc2C1. The van der Waals surface area contributed by atoms with Crippen LogP contribution in [-0.2, 0) is 17.6 Å². The minimum Gasteiger partial charge on any atom is -0.382 e. The first-order valence-corrected chi connectivity index (χ1v) is 10.9. The summed E-state index contributed by atoms with van der Waals surface area (Å²) >= 11 is 0. The van der Waals surface area contributed by atoms with Crippen molar-refractivity contribution < 1.29 is 9.53 Å². The highest BCUT2D eigenvalue weighted by Crippen LogP contribution is 2.29. The number of carbonyl (C=O) groups is 1. The standard InChI is InChI=1S/C23H24BN7O2/c24-30-17-10-14-1-2-15(9-16(14)11-17)18-13-27-22(25)21(28-18)23(32)29-19-12-26-4-3-20(19)31-5-7-33-8-6-31/h1-4,9,12-13,17,30H,5-8,10-11H2,(H2,25,27)(H,29,32). The van der Waals surface area contributed by atoms with Gasteiger partial charge in [0.2, 0.25) is 0 Å². The van der Waals surface area contributed by atoms with Gasteiger partial charge in [-0.2, -0.15) is 0 Å². The Morgan fingerprint density at radius 1 is 1.15 bits per heavy atom. The average molecular weight is 441 g/mol. The van der Waals surface area contributed by atoms with E-state index >= 15 is 0 Å². The van der Waals surface area contributed by atoms with Crippen LogP contribution in [0.15, 0.2) is 42.9 Å². The topological polar surface area (TPSA) is 118 Å². The molecule has 0 bridgehead atoms. The lowest BCUT2D eigenvalue weighted by atomic mass is 10.0. The fraction of sp³-hybridized carbons (Fsp3) is 0.304. The van der Waals surface area contributed by atoms with Crippen molar-refractivity contribution in [3.8, 4) is 11.3 Å². The van der Waals surface area contributed by atoms with Crippen LogP contribution in [0.5, 0.6) is 0 Å². The monoisotopic (exact) mass is 441 g/mol. The fourth-order valence-corrected chi connectivity index (χ4v) is 4.34. The van der Waals surface area contributed by atoms with E-state index < -0.39 is 5.91 Å². The maximum Gasteiger partial charge on any atom is 0.278 e. The van der Waals surface area contributed by atoms with Gasteiger partial charge in [0, 0.05) is 30.9 Å². The Labute approximate surface area is 193 Å². The predicted octanol–water partition coefficient (Wildman–Crippen LogP) is 1.35. The summed E-state index contributed by atoms with van der Waals surface area (Å²) < 4.78 is 5.43. The molecule has 166 valence electrons. The minimum atomic E-state index is -0.432. The molecule has 1 fully saturated rings. The van der Waals surface area contributed by atoms with Crippen LogP contribution in [0.25, 0.3) is 11.3 Å². The first-order chi connectivity index (χ1) is 16.1. The van der Waals surface area contributed by atoms with Crippen LogP contribution in [0.1, 0.15) is 21.6 Å². The van der Waals surface area contributed by atoms with Gasteiger partial charge in [-0.15, -0.1) is 0 Å². The van der Waals surface area contributed by atoms with Gasteiger partial charge in [0.25, 0.3) is 5.91 Å². The molecule has 3 aromatic rings. The molecule has 2 aromatic heterocycles. The highest BCUT2D eigenvalue weighted by atomic mass is 16.5. The Hall–Kier alpha value is -3.50. The second-order valence-electron chi connectivity index (χ2n) is 8.19. The summed E-state index contributed by atoms with van der Waals surface area (Å²) in [5.74, 6) is -0.362. The molecule has 3 heterocycles. The third kappa shape index (κ3) is 4.39. The number of pyridine rings is 1. The van der Waals surface area contributed by atoms with Gasteiger partial charge in [-0.05, 0) is 36.1 Å². The average Bonchev–Trinajstić information content (AvgIpc) is 3.28. The van der Waals surface area contributed by atoms with Crippen molar-refractivity contribution in [2.75, 3.05) is 42.3 Å². The molecule has 1 unspecified atom stereocenters. The van der Waals surface area contributed by atoms with Crippen LogP contribution in [0.2, 0.25) is 0 Å². The Morgan fingerprint density at radius 2 is 1.97 bits per heavy atom. The van der Waals surface area contributed by atoms with Gasteiger partial charge in [0.05, 0.1) is 42.7 Å². The van der Waals surface area contributed by atoms with E-state index in [2.05, 4.69) is 42.5 Å². The molecular weight excluding hydrogens is 417 g/mol. The van der Waals surface area contributed by atoms with Crippen molar-refractivity contribution in [1.82, 2.24) is 20.2 Å². The van der Waals surface area contributed by atoms with E-state index in [-0.39, 0.29) is 17.6 Å². The van der Waals surface area contributed by atoms with Gasteiger partial charge in [0.15, 0.2) is 19.5 Å². The van der Waals surface area contributed by atoms with Crippen LogP contribution in [-0.4, -0.2) is 61.2 Å². The van der Waals surface area contributed by atoms with E-state index in [4.69, 9.17) is 18.5 Å². The Balaban J connectivity index is 1.40. The molecule has 10 heteroatoms. The van der Waals surface area contributed by atoms with Gasteiger partial charge >= 0.3 is 0 Å². The number of hydrogen-bond donors (Lipinski definition) is 3. The molecule has 33 heavy (non-hydrogen) atoms. The molecule has 1 aliphatic carbocycles. The van der Waals surface area contributed by atoms with E-state index in [0.717, 1.165) is 37.2 Å². The number of nitrogen functional groups attached to an aromatic ring is 1. The van der Waals surface area contributed by atoms with Gasteiger partial charge in [0.1, 0.15) is 0 Å². The third-order valence-electron chi connectivity index (χ3n) is 6.08. The molecule has 0 spiro atoms. The van der Waals surface area contributed by atoms with E-state index in [1.165, 1.54) is 11.1 Å². The van der Waals surface area contributed by atoms with Crippen LogP contribution in [0.4, 0.5) is 17.2 Å². The molecule has 5 rings (SSSR count). The number of morpholine rings is 1. The molecule has 9 nitrogen and oxygen atoms in total. The number of nitrogens with one attached hydrogen (secondary N) is 2. The van der Waals surface area contributed by atoms with Crippen LogP contribution >= 0.6 is 0 Å². The summed E-state index contributed by atoms with van der Waals surface area (Å²) in [5.41, 5.74) is 11.5. The number of benzene rings is 1. The number of fused-ring (bicyclic) bond motifs is 1. The Morgan fingerprint density at radius 3 is 2.79 bits per heavy atom. The second kappa shape index (κ2) is 9.17. The van der Waals surface area contributed by atoms with Crippen molar-refractivity contribution in [2.24, 2.45) is 0 Å². The maximum absolute atomic E-state index is 13.1. The third-order valence-corrected chi connectivity index (χ3v) is 6.08. The molecule has 1 amide bonds. The van der Waals surface area contributed by atoms with Crippen LogP contribution in [0, 0.1) is 0 Å². The summed E-state index contributed by atoms with van der Waals surface area (Å²) in [6.07, 6.45) is 6.65. The lowest BCUT2D eigenvalue weighted by molar-refractivity contribution is 0.102. The molecule has 4 N–H and O–H groups in total. The van der Waals surface area contributed by atoms with Crippen molar-refractivity contribution >= 4 is 31.1 Å². The maximum atomic E-state index is 13.1. The molecule has 1 aliphatic heterocycles. The van der Waals surface area contributed by atoms with Gasteiger partial charge in [-0.1, -0.05) is 12.1 Å². The molecule has 2 radical (unpaired) electrons. The molecule has 2 aliphatic rings. The van der Waals surface area contributed by atoms with Gasteiger partial charge in [-0.25, -0.2) is 9.97 Å². The van der Waals surface area contributed by atoms with Crippen LogP contribution in [0.3, 0.4) is 0 Å². The van der Waals surface area contributed by atoms with E-state index in [0.29, 0.717) is 24.6 Å². The summed E-state index contributed by atoms with van der Waals surface area (Å²) in [5, 5.41) is 5.75. The Bertz CT molecular complexity index is 1180. The molecule has 1 atom stereocenters. The number of aromatic nitrogens is 3. The Kier molecular flexibility index (Phi) is 5.93. The first kappa shape index (κ1) is 21.4. The zero-order valence-electron chi connectivity index (χ0n) is 18.1. The highest BCUT2D eigenvalue weighted by Gasteiger charge is 2.22. The van der Waals surface area contributed by atoms with Crippen molar-refractivity contribution in [3.05, 3.63) is 59.7 Å². The second-order valence-corrected chi connectivity index (χ2v) is 8.19. The van der Waals surface area contributed by atoms with Crippen molar-refractivity contribution in [3.63, 3.8) is 0 Å².